The zero-order chi connectivity index (χ0) is 17.5. The molecule has 6 heteroatoms. The van der Waals surface area contributed by atoms with Gasteiger partial charge in [-0.25, -0.2) is 0 Å². The van der Waals surface area contributed by atoms with Crippen LogP contribution < -0.4 is 19.5 Å². The van der Waals surface area contributed by atoms with Crippen molar-refractivity contribution in [3.05, 3.63) is 47.9 Å². The third-order valence-electron chi connectivity index (χ3n) is 3.48. The topological polar surface area (TPSA) is 69.9 Å². The van der Waals surface area contributed by atoms with Crippen LogP contribution >= 0.6 is 0 Å². The maximum absolute atomic E-state index is 12.1. The van der Waals surface area contributed by atoms with Gasteiger partial charge in [0.15, 0.2) is 11.5 Å². The normalized spacial score (nSPS) is 12.0. The number of hydrogen-bond acceptors (Lipinski definition) is 5. The quantitative estimate of drug-likeness (QED) is 0.789. The molecule has 1 N–H and O–H groups in total. The van der Waals surface area contributed by atoms with Crippen molar-refractivity contribution in [1.29, 1.82) is 0 Å². The molecule has 0 unspecified atom stereocenters. The molecule has 1 aromatic carbocycles. The Bertz CT molecular complexity index is 706. The number of carbonyl (C=O) groups is 1. The minimum absolute atomic E-state index is 0.218. The van der Waals surface area contributed by atoms with Crippen molar-refractivity contribution in [3.63, 3.8) is 0 Å². The third kappa shape index (κ3) is 4.10. The van der Waals surface area contributed by atoms with Crippen molar-refractivity contribution in [2.45, 2.75) is 13.0 Å². The summed E-state index contributed by atoms with van der Waals surface area (Å²) in [6.45, 7) is 1.85. The van der Waals surface area contributed by atoms with Gasteiger partial charge in [0.2, 0.25) is 5.91 Å². The van der Waals surface area contributed by atoms with Crippen LogP contribution in [0.5, 0.6) is 17.2 Å². The monoisotopic (exact) mass is 331 g/mol. The lowest BCUT2D eigenvalue weighted by Gasteiger charge is -2.12. The highest BCUT2D eigenvalue weighted by molar-refractivity contribution is 5.92. The lowest BCUT2D eigenvalue weighted by molar-refractivity contribution is -0.117. The fourth-order valence-electron chi connectivity index (χ4n) is 2.22. The average molecular weight is 331 g/mol. The Morgan fingerprint density at radius 1 is 1.12 bits per heavy atom. The van der Waals surface area contributed by atoms with Gasteiger partial charge in [-0.15, -0.1) is 0 Å². The van der Waals surface area contributed by atoms with E-state index in [0.29, 0.717) is 28.6 Å². The van der Waals surface area contributed by atoms with Crippen molar-refractivity contribution in [3.8, 4) is 17.2 Å². The minimum atomic E-state index is -0.240. The second kappa shape index (κ2) is 8.10. The largest absolute Gasteiger partial charge is 0.496 e. The predicted molar refractivity (Wildman–Crippen MR) is 90.4 cm³/mol. The average Bonchev–Trinajstić information content (AvgIpc) is 3.13. The van der Waals surface area contributed by atoms with E-state index in [-0.39, 0.29) is 11.9 Å². The molecule has 0 saturated heterocycles. The number of rotatable bonds is 7. The van der Waals surface area contributed by atoms with Gasteiger partial charge >= 0.3 is 0 Å². The lowest BCUT2D eigenvalue weighted by atomic mass is 10.1. The predicted octanol–water partition coefficient (Wildman–Crippen LogP) is 3.20. The molecule has 0 bridgehead atoms. The fraction of sp³-hybridized carbons (Fsp3) is 0.278. The second-order valence-electron chi connectivity index (χ2n) is 5.03. The summed E-state index contributed by atoms with van der Waals surface area (Å²) in [4.78, 5) is 12.1. The Morgan fingerprint density at radius 3 is 2.38 bits per heavy atom. The molecule has 1 aromatic heterocycles. The number of furan rings is 1. The summed E-state index contributed by atoms with van der Waals surface area (Å²) in [5.41, 5.74) is 0.705. The molecule has 24 heavy (non-hydrogen) atoms. The second-order valence-corrected chi connectivity index (χ2v) is 5.03. The van der Waals surface area contributed by atoms with Gasteiger partial charge in [-0.1, -0.05) is 0 Å². The molecule has 0 saturated carbocycles. The van der Waals surface area contributed by atoms with Crippen LogP contribution in [0.4, 0.5) is 0 Å². The van der Waals surface area contributed by atoms with E-state index in [1.54, 1.807) is 51.9 Å². The first-order valence-electron chi connectivity index (χ1n) is 7.41. The van der Waals surface area contributed by atoms with Crippen molar-refractivity contribution >= 4 is 12.0 Å². The van der Waals surface area contributed by atoms with Crippen molar-refractivity contribution in [1.82, 2.24) is 5.32 Å². The van der Waals surface area contributed by atoms with Crippen LogP contribution in [0.25, 0.3) is 6.08 Å². The van der Waals surface area contributed by atoms with Gasteiger partial charge in [0.1, 0.15) is 11.5 Å². The van der Waals surface area contributed by atoms with Crippen LogP contribution in [0.15, 0.2) is 41.0 Å². The molecule has 0 aliphatic carbocycles. The summed E-state index contributed by atoms with van der Waals surface area (Å²) in [6, 6.07) is 6.83. The summed E-state index contributed by atoms with van der Waals surface area (Å²) in [6.07, 6.45) is 4.66. The van der Waals surface area contributed by atoms with Crippen molar-refractivity contribution in [2.24, 2.45) is 0 Å². The van der Waals surface area contributed by atoms with E-state index in [4.69, 9.17) is 18.6 Å². The zero-order valence-electron chi connectivity index (χ0n) is 14.2. The van der Waals surface area contributed by atoms with E-state index >= 15 is 0 Å². The molecule has 128 valence electrons. The molecule has 1 amide bonds. The van der Waals surface area contributed by atoms with Gasteiger partial charge in [0.25, 0.3) is 0 Å². The zero-order valence-corrected chi connectivity index (χ0v) is 14.2. The van der Waals surface area contributed by atoms with E-state index in [1.165, 1.54) is 6.08 Å². The highest BCUT2D eigenvalue weighted by Crippen LogP contribution is 2.35. The molecule has 1 heterocycles. The number of nitrogens with one attached hydrogen (secondary N) is 1. The molecular formula is C18H21NO5. The number of methoxy groups -OCH3 is 3. The third-order valence-corrected chi connectivity index (χ3v) is 3.48. The number of benzene rings is 1. The first kappa shape index (κ1) is 17.5. The van der Waals surface area contributed by atoms with Gasteiger partial charge in [-0.3, -0.25) is 4.79 Å². The Labute approximate surface area is 141 Å². The smallest absolute Gasteiger partial charge is 0.244 e. The van der Waals surface area contributed by atoms with Gasteiger partial charge in [0.05, 0.1) is 33.6 Å². The number of carbonyl (C=O) groups excluding carboxylic acids is 1. The van der Waals surface area contributed by atoms with Crippen LogP contribution in [-0.4, -0.2) is 27.2 Å². The summed E-state index contributed by atoms with van der Waals surface area (Å²) in [5.74, 6) is 2.15. The highest BCUT2D eigenvalue weighted by Gasteiger charge is 2.12. The van der Waals surface area contributed by atoms with E-state index in [1.807, 2.05) is 13.0 Å². The van der Waals surface area contributed by atoms with Crippen molar-refractivity contribution in [2.75, 3.05) is 21.3 Å². The molecule has 0 fully saturated rings. The molecule has 1 atom stereocenters. The van der Waals surface area contributed by atoms with Crippen molar-refractivity contribution < 1.29 is 23.4 Å². The summed E-state index contributed by atoms with van der Waals surface area (Å²) in [5, 5.41) is 2.82. The number of amides is 1. The van der Waals surface area contributed by atoms with Crippen LogP contribution in [0.3, 0.4) is 0 Å². The molecule has 0 aliphatic rings. The van der Waals surface area contributed by atoms with Gasteiger partial charge in [-0.05, 0) is 31.2 Å². The van der Waals surface area contributed by atoms with Gasteiger partial charge in [-0.2, -0.15) is 0 Å². The molecule has 6 nitrogen and oxygen atoms in total. The summed E-state index contributed by atoms with van der Waals surface area (Å²) >= 11 is 0. The lowest BCUT2D eigenvalue weighted by Crippen LogP contribution is -2.24. The van der Waals surface area contributed by atoms with E-state index in [2.05, 4.69) is 5.32 Å². The van der Waals surface area contributed by atoms with Gasteiger partial charge < -0.3 is 23.9 Å². The minimum Gasteiger partial charge on any atom is -0.496 e. The Morgan fingerprint density at radius 2 is 1.79 bits per heavy atom. The Kier molecular flexibility index (Phi) is 5.89. The maximum atomic E-state index is 12.1. The summed E-state index contributed by atoms with van der Waals surface area (Å²) < 4.78 is 21.1. The van der Waals surface area contributed by atoms with E-state index in [9.17, 15) is 4.79 Å². The molecule has 2 aromatic rings. The standard InChI is InChI=1S/C18H21NO5/c1-12(14-6-5-9-24-14)19-18(20)8-7-13-10-16(22-3)17(23-4)11-15(13)21-2/h5-12H,1-4H3,(H,19,20)/b8-7+/t12-/m1/s1. The molecule has 0 aliphatic heterocycles. The molecule has 0 radical (unpaired) electrons. The van der Waals surface area contributed by atoms with E-state index in [0.717, 1.165) is 0 Å². The maximum Gasteiger partial charge on any atom is 0.244 e. The summed E-state index contributed by atoms with van der Waals surface area (Å²) in [7, 11) is 4.66. The molecular weight excluding hydrogens is 310 g/mol. The molecule has 2 rings (SSSR count). The van der Waals surface area contributed by atoms with Crippen LogP contribution in [0.2, 0.25) is 0 Å². The number of ether oxygens (including phenoxy) is 3. The van der Waals surface area contributed by atoms with Crippen LogP contribution in [0, 0.1) is 0 Å². The SMILES string of the molecule is COc1cc(OC)c(OC)cc1/C=C/C(=O)N[C@H](C)c1ccco1. The Hall–Kier alpha value is -2.89. The fourth-order valence-corrected chi connectivity index (χ4v) is 2.22. The van der Waals surface area contributed by atoms with Crippen LogP contribution in [-0.2, 0) is 4.79 Å². The van der Waals surface area contributed by atoms with Crippen LogP contribution in [0.1, 0.15) is 24.3 Å². The van der Waals surface area contributed by atoms with E-state index < -0.39 is 0 Å². The van der Waals surface area contributed by atoms with Gasteiger partial charge in [0, 0.05) is 17.7 Å². The first-order valence-corrected chi connectivity index (χ1v) is 7.41. The highest BCUT2D eigenvalue weighted by atomic mass is 16.5. The number of hydrogen-bond donors (Lipinski definition) is 1. The Balaban J connectivity index is 2.14. The first-order chi connectivity index (χ1) is 11.6. The molecule has 0 spiro atoms.